The Labute approximate surface area is 124 Å². The monoisotopic (exact) mass is 281 g/mol. The van der Waals surface area contributed by atoms with Crippen molar-refractivity contribution in [3.63, 3.8) is 0 Å². The Morgan fingerprint density at radius 2 is 1.85 bits per heavy atom. The minimum absolute atomic E-state index is 0.104. The van der Waals surface area contributed by atoms with Gasteiger partial charge in [0.05, 0.1) is 6.04 Å². The molecular formula is C16H31N3O. The van der Waals surface area contributed by atoms with Crippen LogP contribution in [0.3, 0.4) is 0 Å². The molecule has 0 bridgehead atoms. The van der Waals surface area contributed by atoms with Crippen molar-refractivity contribution in [2.75, 3.05) is 19.6 Å². The van der Waals surface area contributed by atoms with Crippen LogP contribution in [0, 0.1) is 0 Å². The van der Waals surface area contributed by atoms with E-state index in [1.54, 1.807) is 0 Å². The number of piperidine rings is 1. The number of carbonyl (C=O) groups excluding carboxylic acids is 1. The third-order valence-electron chi connectivity index (χ3n) is 3.66. The highest BCUT2D eigenvalue weighted by Gasteiger charge is 2.22. The molecule has 1 aliphatic heterocycles. The van der Waals surface area contributed by atoms with E-state index >= 15 is 0 Å². The summed E-state index contributed by atoms with van der Waals surface area (Å²) in [5.41, 5.74) is 1.38. The lowest BCUT2D eigenvalue weighted by atomic mass is 10.0. The second-order valence-corrected chi connectivity index (χ2v) is 6.41. The van der Waals surface area contributed by atoms with E-state index in [2.05, 4.69) is 35.5 Å². The average molecular weight is 281 g/mol. The molecule has 1 saturated heterocycles. The van der Waals surface area contributed by atoms with E-state index in [1.165, 1.54) is 5.57 Å². The average Bonchev–Trinajstić information content (AvgIpc) is 2.37. The molecule has 20 heavy (non-hydrogen) atoms. The van der Waals surface area contributed by atoms with Crippen molar-refractivity contribution >= 4 is 5.91 Å². The first-order valence-electron chi connectivity index (χ1n) is 7.80. The van der Waals surface area contributed by atoms with Gasteiger partial charge in [-0.15, -0.1) is 0 Å². The standard InChI is InChI=1S/C16H31N3O/c1-12(2)6-9-19-10-7-15(8-11-19)18-14(5)16(20)17-13(3)4/h6,13-15,18H,7-11H2,1-5H3,(H,17,20). The van der Waals surface area contributed by atoms with E-state index in [9.17, 15) is 4.79 Å². The first-order chi connectivity index (χ1) is 9.38. The fourth-order valence-corrected chi connectivity index (χ4v) is 2.43. The molecule has 1 heterocycles. The Kier molecular flexibility index (Phi) is 7.24. The molecule has 116 valence electrons. The van der Waals surface area contributed by atoms with Gasteiger partial charge in [0.15, 0.2) is 0 Å². The highest BCUT2D eigenvalue weighted by atomic mass is 16.2. The molecule has 0 aromatic heterocycles. The number of rotatable bonds is 6. The van der Waals surface area contributed by atoms with Gasteiger partial charge in [0.2, 0.25) is 5.91 Å². The van der Waals surface area contributed by atoms with Crippen molar-refractivity contribution in [2.24, 2.45) is 0 Å². The van der Waals surface area contributed by atoms with Gasteiger partial charge < -0.3 is 10.6 Å². The van der Waals surface area contributed by atoms with Crippen LogP contribution in [0.15, 0.2) is 11.6 Å². The SMILES string of the molecule is CC(C)=CCN1CCC(NC(C)C(=O)NC(C)C)CC1. The second kappa shape index (κ2) is 8.42. The topological polar surface area (TPSA) is 44.4 Å². The molecule has 2 N–H and O–H groups in total. The van der Waals surface area contributed by atoms with Crippen molar-refractivity contribution < 1.29 is 4.79 Å². The van der Waals surface area contributed by atoms with Crippen LogP contribution in [-0.2, 0) is 4.79 Å². The van der Waals surface area contributed by atoms with Crippen LogP contribution in [0.1, 0.15) is 47.5 Å². The molecule has 4 heteroatoms. The molecule has 1 aliphatic rings. The summed E-state index contributed by atoms with van der Waals surface area (Å²) in [4.78, 5) is 14.4. The summed E-state index contributed by atoms with van der Waals surface area (Å²) < 4.78 is 0. The third-order valence-corrected chi connectivity index (χ3v) is 3.66. The molecule has 0 aromatic carbocycles. The maximum Gasteiger partial charge on any atom is 0.237 e. The molecule has 0 aromatic rings. The lowest BCUT2D eigenvalue weighted by Crippen LogP contribution is -2.51. The van der Waals surface area contributed by atoms with Crippen LogP contribution in [-0.4, -0.2) is 48.6 Å². The number of hydrogen-bond donors (Lipinski definition) is 2. The second-order valence-electron chi connectivity index (χ2n) is 6.41. The van der Waals surface area contributed by atoms with E-state index in [-0.39, 0.29) is 18.0 Å². The zero-order valence-electron chi connectivity index (χ0n) is 13.7. The Morgan fingerprint density at radius 1 is 1.25 bits per heavy atom. The van der Waals surface area contributed by atoms with Crippen LogP contribution in [0.2, 0.25) is 0 Å². The van der Waals surface area contributed by atoms with E-state index in [0.29, 0.717) is 6.04 Å². The molecule has 0 radical (unpaired) electrons. The minimum atomic E-state index is -0.105. The van der Waals surface area contributed by atoms with E-state index in [0.717, 1.165) is 32.5 Å². The summed E-state index contributed by atoms with van der Waals surface area (Å²) >= 11 is 0. The van der Waals surface area contributed by atoms with Crippen LogP contribution < -0.4 is 10.6 Å². The van der Waals surface area contributed by atoms with Gasteiger partial charge in [-0.25, -0.2) is 0 Å². The number of likely N-dealkylation sites (tertiary alicyclic amines) is 1. The molecule has 1 atom stereocenters. The van der Waals surface area contributed by atoms with Crippen molar-refractivity contribution in [3.8, 4) is 0 Å². The molecule has 1 unspecified atom stereocenters. The summed E-state index contributed by atoms with van der Waals surface area (Å²) in [6.07, 6.45) is 4.53. The summed E-state index contributed by atoms with van der Waals surface area (Å²) in [7, 11) is 0. The van der Waals surface area contributed by atoms with Gasteiger partial charge >= 0.3 is 0 Å². The molecule has 1 amide bonds. The number of hydrogen-bond acceptors (Lipinski definition) is 3. The first-order valence-corrected chi connectivity index (χ1v) is 7.80. The largest absolute Gasteiger partial charge is 0.353 e. The Morgan fingerprint density at radius 3 is 2.35 bits per heavy atom. The number of nitrogens with one attached hydrogen (secondary N) is 2. The normalized spacial score (nSPS) is 18.9. The van der Waals surface area contributed by atoms with E-state index < -0.39 is 0 Å². The molecular weight excluding hydrogens is 250 g/mol. The van der Waals surface area contributed by atoms with Crippen molar-refractivity contribution in [3.05, 3.63) is 11.6 Å². The summed E-state index contributed by atoms with van der Waals surface area (Å²) in [6.45, 7) is 13.5. The van der Waals surface area contributed by atoms with Gasteiger partial charge in [0.25, 0.3) is 0 Å². The molecule has 4 nitrogen and oxygen atoms in total. The van der Waals surface area contributed by atoms with Crippen molar-refractivity contribution in [2.45, 2.75) is 65.6 Å². The quantitative estimate of drug-likeness (QED) is 0.731. The lowest BCUT2D eigenvalue weighted by molar-refractivity contribution is -0.123. The van der Waals surface area contributed by atoms with Gasteiger partial charge in [-0.05, 0) is 60.5 Å². The summed E-state index contributed by atoms with van der Waals surface area (Å²) in [6, 6.07) is 0.565. The first kappa shape index (κ1) is 17.2. The van der Waals surface area contributed by atoms with E-state index in [1.807, 2.05) is 20.8 Å². The van der Waals surface area contributed by atoms with Gasteiger partial charge in [-0.2, -0.15) is 0 Å². The fraction of sp³-hybridized carbons (Fsp3) is 0.812. The zero-order valence-corrected chi connectivity index (χ0v) is 13.7. The van der Waals surface area contributed by atoms with Gasteiger partial charge in [0.1, 0.15) is 0 Å². The van der Waals surface area contributed by atoms with Gasteiger partial charge in [-0.3, -0.25) is 9.69 Å². The van der Waals surface area contributed by atoms with E-state index in [4.69, 9.17) is 0 Å². The van der Waals surface area contributed by atoms with Crippen LogP contribution in [0.5, 0.6) is 0 Å². The number of nitrogens with zero attached hydrogens (tertiary/aromatic N) is 1. The predicted octanol–water partition coefficient (Wildman–Crippen LogP) is 1.92. The van der Waals surface area contributed by atoms with Crippen LogP contribution in [0.4, 0.5) is 0 Å². The summed E-state index contributed by atoms with van der Waals surface area (Å²) in [5, 5.41) is 6.41. The van der Waals surface area contributed by atoms with Gasteiger partial charge in [-0.1, -0.05) is 11.6 Å². The molecule has 0 saturated carbocycles. The molecule has 0 spiro atoms. The Bertz CT molecular complexity index is 327. The fourth-order valence-electron chi connectivity index (χ4n) is 2.43. The highest BCUT2D eigenvalue weighted by Crippen LogP contribution is 2.11. The molecule has 1 rings (SSSR count). The number of amides is 1. The number of carbonyl (C=O) groups is 1. The maximum atomic E-state index is 11.9. The zero-order chi connectivity index (χ0) is 15.1. The predicted molar refractivity (Wildman–Crippen MR) is 84.8 cm³/mol. The van der Waals surface area contributed by atoms with Gasteiger partial charge in [0, 0.05) is 18.6 Å². The maximum absolute atomic E-state index is 11.9. The Hall–Kier alpha value is -0.870. The molecule has 1 fully saturated rings. The Balaban J connectivity index is 2.28. The number of allylic oxidation sites excluding steroid dienone is 1. The summed E-state index contributed by atoms with van der Waals surface area (Å²) in [5.74, 6) is 0.104. The van der Waals surface area contributed by atoms with Crippen LogP contribution >= 0.6 is 0 Å². The third kappa shape index (κ3) is 6.53. The molecule has 0 aliphatic carbocycles. The van der Waals surface area contributed by atoms with Crippen molar-refractivity contribution in [1.82, 2.24) is 15.5 Å². The van der Waals surface area contributed by atoms with Crippen LogP contribution in [0.25, 0.3) is 0 Å². The smallest absolute Gasteiger partial charge is 0.237 e. The minimum Gasteiger partial charge on any atom is -0.353 e. The highest BCUT2D eigenvalue weighted by molar-refractivity contribution is 5.81. The van der Waals surface area contributed by atoms with Crippen molar-refractivity contribution in [1.29, 1.82) is 0 Å². The lowest BCUT2D eigenvalue weighted by Gasteiger charge is -2.33.